The van der Waals surface area contributed by atoms with Crippen LogP contribution < -0.4 is 5.32 Å². The maximum atomic E-state index is 4.37. The first-order valence-electron chi connectivity index (χ1n) is 6.15. The third kappa shape index (κ3) is 3.17. The molecule has 2 nitrogen and oxygen atoms in total. The summed E-state index contributed by atoms with van der Waals surface area (Å²) in [4.78, 5) is 4.37. The molecule has 0 radical (unpaired) electrons. The standard InChI is InChI=1S/C14H20N2/c1-12(14-9-5-6-10-15-14)16-11-13-7-3-2-4-8-13/h2-3,5-6,9-10,12-13,16H,4,7-8,11H2,1H3/t12-,13?/m1/s1. The van der Waals surface area contributed by atoms with E-state index in [0.717, 1.165) is 18.2 Å². The minimum Gasteiger partial charge on any atom is -0.309 e. The molecular formula is C14H20N2. The van der Waals surface area contributed by atoms with Crippen molar-refractivity contribution >= 4 is 0 Å². The van der Waals surface area contributed by atoms with Crippen LogP contribution in [0.25, 0.3) is 0 Å². The Morgan fingerprint density at radius 2 is 2.38 bits per heavy atom. The monoisotopic (exact) mass is 216 g/mol. The predicted molar refractivity (Wildman–Crippen MR) is 67.1 cm³/mol. The van der Waals surface area contributed by atoms with Crippen LogP contribution in [-0.2, 0) is 0 Å². The van der Waals surface area contributed by atoms with Crippen LogP contribution in [0.1, 0.15) is 37.9 Å². The molecule has 0 amide bonds. The highest BCUT2D eigenvalue weighted by molar-refractivity contribution is 5.07. The summed E-state index contributed by atoms with van der Waals surface area (Å²) in [7, 11) is 0. The molecule has 0 saturated heterocycles. The smallest absolute Gasteiger partial charge is 0.0570 e. The summed E-state index contributed by atoms with van der Waals surface area (Å²) < 4.78 is 0. The largest absolute Gasteiger partial charge is 0.309 e. The van der Waals surface area contributed by atoms with Crippen LogP contribution in [0.3, 0.4) is 0 Å². The van der Waals surface area contributed by atoms with Crippen molar-refractivity contribution in [1.82, 2.24) is 10.3 Å². The Bertz CT molecular complexity index is 332. The molecule has 2 heteroatoms. The van der Waals surface area contributed by atoms with Crippen molar-refractivity contribution in [3.05, 3.63) is 42.2 Å². The van der Waals surface area contributed by atoms with Crippen molar-refractivity contribution in [2.75, 3.05) is 6.54 Å². The highest BCUT2D eigenvalue weighted by atomic mass is 14.9. The van der Waals surface area contributed by atoms with Crippen LogP contribution in [0, 0.1) is 5.92 Å². The maximum absolute atomic E-state index is 4.37. The molecule has 1 aliphatic rings. The second-order valence-corrected chi connectivity index (χ2v) is 4.54. The Kier molecular flexibility index (Phi) is 4.11. The summed E-state index contributed by atoms with van der Waals surface area (Å²) in [5.74, 6) is 0.802. The zero-order chi connectivity index (χ0) is 11.2. The Morgan fingerprint density at radius 3 is 3.06 bits per heavy atom. The average Bonchev–Trinajstić information content (AvgIpc) is 2.38. The molecule has 0 fully saturated rings. The lowest BCUT2D eigenvalue weighted by molar-refractivity contribution is 0.413. The lowest BCUT2D eigenvalue weighted by Crippen LogP contribution is -2.26. The first kappa shape index (κ1) is 11.3. The highest BCUT2D eigenvalue weighted by Crippen LogP contribution is 2.18. The normalized spacial score (nSPS) is 21.9. The third-order valence-corrected chi connectivity index (χ3v) is 3.22. The predicted octanol–water partition coefficient (Wildman–Crippen LogP) is 3.09. The summed E-state index contributed by atoms with van der Waals surface area (Å²) in [6, 6.07) is 6.44. The van der Waals surface area contributed by atoms with Gasteiger partial charge in [0.25, 0.3) is 0 Å². The molecule has 0 bridgehead atoms. The summed E-state index contributed by atoms with van der Waals surface area (Å²) in [6.45, 7) is 3.28. The average molecular weight is 216 g/mol. The molecule has 0 aromatic carbocycles. The summed E-state index contributed by atoms with van der Waals surface area (Å²) in [6.07, 6.45) is 10.2. The zero-order valence-corrected chi connectivity index (χ0v) is 9.89. The number of nitrogens with zero attached hydrogens (tertiary/aromatic N) is 1. The van der Waals surface area contributed by atoms with Crippen molar-refractivity contribution in [2.45, 2.75) is 32.2 Å². The molecule has 0 spiro atoms. The van der Waals surface area contributed by atoms with Gasteiger partial charge < -0.3 is 5.32 Å². The molecule has 1 aromatic heterocycles. The van der Waals surface area contributed by atoms with Gasteiger partial charge in [0.15, 0.2) is 0 Å². The first-order chi connectivity index (χ1) is 7.86. The molecule has 86 valence electrons. The fourth-order valence-corrected chi connectivity index (χ4v) is 2.12. The van der Waals surface area contributed by atoms with E-state index < -0.39 is 0 Å². The van der Waals surface area contributed by atoms with Gasteiger partial charge >= 0.3 is 0 Å². The van der Waals surface area contributed by atoms with Gasteiger partial charge in [0, 0.05) is 12.2 Å². The molecule has 16 heavy (non-hydrogen) atoms. The van der Waals surface area contributed by atoms with Crippen molar-refractivity contribution in [3.63, 3.8) is 0 Å². The minimum absolute atomic E-state index is 0.354. The lowest BCUT2D eigenvalue weighted by Gasteiger charge is -2.21. The van der Waals surface area contributed by atoms with Gasteiger partial charge in [-0.05, 0) is 50.8 Å². The van der Waals surface area contributed by atoms with Crippen molar-refractivity contribution in [2.24, 2.45) is 5.92 Å². The highest BCUT2D eigenvalue weighted by Gasteiger charge is 2.12. The van der Waals surface area contributed by atoms with Crippen LogP contribution >= 0.6 is 0 Å². The van der Waals surface area contributed by atoms with E-state index in [1.165, 1.54) is 19.3 Å². The molecule has 2 rings (SSSR count). The maximum Gasteiger partial charge on any atom is 0.0570 e. The second kappa shape index (κ2) is 5.80. The number of nitrogens with one attached hydrogen (secondary N) is 1. The van der Waals surface area contributed by atoms with E-state index in [-0.39, 0.29) is 0 Å². The Balaban J connectivity index is 1.79. The van der Waals surface area contributed by atoms with Gasteiger partial charge in [-0.3, -0.25) is 4.98 Å². The summed E-state index contributed by atoms with van der Waals surface area (Å²) >= 11 is 0. The Morgan fingerprint density at radius 1 is 1.44 bits per heavy atom. The fraction of sp³-hybridized carbons (Fsp3) is 0.500. The molecule has 1 unspecified atom stereocenters. The van der Waals surface area contributed by atoms with Crippen molar-refractivity contribution in [3.8, 4) is 0 Å². The summed E-state index contributed by atoms with van der Waals surface area (Å²) in [5, 5.41) is 3.57. The topological polar surface area (TPSA) is 24.9 Å². The van der Waals surface area contributed by atoms with E-state index in [1.54, 1.807) is 0 Å². The molecule has 0 saturated carbocycles. The van der Waals surface area contributed by atoms with Gasteiger partial charge in [-0.25, -0.2) is 0 Å². The number of aromatic nitrogens is 1. The van der Waals surface area contributed by atoms with E-state index in [0.29, 0.717) is 6.04 Å². The number of hydrogen-bond acceptors (Lipinski definition) is 2. The molecule has 0 aliphatic heterocycles. The number of pyridine rings is 1. The van der Waals surface area contributed by atoms with E-state index in [2.05, 4.69) is 35.4 Å². The molecule has 2 atom stereocenters. The minimum atomic E-state index is 0.354. The van der Waals surface area contributed by atoms with Gasteiger partial charge in [-0.15, -0.1) is 0 Å². The zero-order valence-electron chi connectivity index (χ0n) is 9.89. The number of allylic oxidation sites excluding steroid dienone is 2. The van der Waals surface area contributed by atoms with E-state index >= 15 is 0 Å². The fourth-order valence-electron chi connectivity index (χ4n) is 2.12. The number of rotatable bonds is 4. The summed E-state index contributed by atoms with van der Waals surface area (Å²) in [5.41, 5.74) is 1.13. The van der Waals surface area contributed by atoms with Gasteiger partial charge in [-0.1, -0.05) is 18.2 Å². The quantitative estimate of drug-likeness (QED) is 0.782. The molecule has 1 aliphatic carbocycles. The van der Waals surface area contributed by atoms with Crippen LogP contribution in [0.2, 0.25) is 0 Å². The molecular weight excluding hydrogens is 196 g/mol. The van der Waals surface area contributed by atoms with E-state index in [1.807, 2.05) is 18.3 Å². The van der Waals surface area contributed by atoms with E-state index in [4.69, 9.17) is 0 Å². The van der Waals surface area contributed by atoms with Crippen LogP contribution in [-0.4, -0.2) is 11.5 Å². The number of hydrogen-bond donors (Lipinski definition) is 1. The van der Waals surface area contributed by atoms with Gasteiger partial charge in [0.1, 0.15) is 0 Å². The second-order valence-electron chi connectivity index (χ2n) is 4.54. The van der Waals surface area contributed by atoms with Crippen LogP contribution in [0.4, 0.5) is 0 Å². The SMILES string of the molecule is C[C@@H](NCC1CC=CCC1)c1ccccn1. The lowest BCUT2D eigenvalue weighted by atomic mass is 9.94. The third-order valence-electron chi connectivity index (χ3n) is 3.22. The van der Waals surface area contributed by atoms with Crippen LogP contribution in [0.15, 0.2) is 36.5 Å². The van der Waals surface area contributed by atoms with E-state index in [9.17, 15) is 0 Å². The molecule has 1 aromatic rings. The van der Waals surface area contributed by atoms with Gasteiger partial charge in [0.05, 0.1) is 5.69 Å². The Hall–Kier alpha value is -1.15. The van der Waals surface area contributed by atoms with Gasteiger partial charge in [0.2, 0.25) is 0 Å². The molecule has 1 N–H and O–H groups in total. The van der Waals surface area contributed by atoms with Gasteiger partial charge in [-0.2, -0.15) is 0 Å². The molecule has 1 heterocycles. The van der Waals surface area contributed by atoms with Crippen molar-refractivity contribution in [1.29, 1.82) is 0 Å². The van der Waals surface area contributed by atoms with Crippen molar-refractivity contribution < 1.29 is 0 Å². The Labute approximate surface area is 97.8 Å². The first-order valence-corrected chi connectivity index (χ1v) is 6.15. The van der Waals surface area contributed by atoms with Crippen LogP contribution in [0.5, 0.6) is 0 Å².